The molecule has 4 atom stereocenters. The van der Waals surface area contributed by atoms with E-state index in [1.54, 1.807) is 18.2 Å². The fourth-order valence-electron chi connectivity index (χ4n) is 4.78. The number of carbonyl (C=O) groups is 3. The van der Waals surface area contributed by atoms with Crippen molar-refractivity contribution in [2.75, 3.05) is 19.1 Å². The predicted octanol–water partition coefficient (Wildman–Crippen LogP) is 2.22. The van der Waals surface area contributed by atoms with Crippen molar-refractivity contribution in [3.63, 3.8) is 0 Å². The number of methoxy groups -OCH3 is 2. The number of para-hydroxylation sites is 1. The van der Waals surface area contributed by atoms with Gasteiger partial charge in [0, 0.05) is 17.7 Å². The molecule has 0 spiro atoms. The number of carbonyl (C=O) groups excluding carboxylic acids is 2. The molecule has 2 saturated heterocycles. The first-order valence-corrected chi connectivity index (χ1v) is 9.95. The first-order valence-electron chi connectivity index (χ1n) is 9.95. The van der Waals surface area contributed by atoms with Gasteiger partial charge in [0.25, 0.3) is 0 Å². The normalized spacial score (nSPS) is 25.0. The Kier molecular flexibility index (Phi) is 5.18. The molecule has 8 heteroatoms. The van der Waals surface area contributed by atoms with Crippen LogP contribution in [0.25, 0.3) is 0 Å². The Morgan fingerprint density at radius 1 is 1.00 bits per heavy atom. The van der Waals surface area contributed by atoms with Gasteiger partial charge in [0.05, 0.1) is 31.7 Å². The average Bonchev–Trinajstić information content (AvgIpc) is 3.26. The molecule has 0 aliphatic carbocycles. The average molecular weight is 424 g/mol. The van der Waals surface area contributed by atoms with Gasteiger partial charge in [-0.2, -0.15) is 0 Å². The molecule has 2 fully saturated rings. The van der Waals surface area contributed by atoms with Gasteiger partial charge in [0.1, 0.15) is 17.5 Å². The Hall–Kier alpha value is -3.39. The highest BCUT2D eigenvalue weighted by Crippen LogP contribution is 2.48. The van der Waals surface area contributed by atoms with Crippen molar-refractivity contribution in [2.24, 2.45) is 11.8 Å². The van der Waals surface area contributed by atoms with Crippen molar-refractivity contribution < 1.29 is 29.0 Å². The van der Waals surface area contributed by atoms with Crippen molar-refractivity contribution in [1.29, 1.82) is 0 Å². The number of imide groups is 1. The maximum Gasteiger partial charge on any atom is 0.321 e. The lowest BCUT2D eigenvalue weighted by atomic mass is 9.86. The highest BCUT2D eigenvalue weighted by Gasteiger charge is 2.62. The number of rotatable bonds is 5. The lowest BCUT2D eigenvalue weighted by Gasteiger charge is -2.24. The number of aryl methyl sites for hydroxylation is 2. The number of amides is 2. The predicted molar refractivity (Wildman–Crippen MR) is 112 cm³/mol. The second-order valence-electron chi connectivity index (χ2n) is 7.87. The van der Waals surface area contributed by atoms with Crippen molar-refractivity contribution in [1.82, 2.24) is 5.32 Å². The summed E-state index contributed by atoms with van der Waals surface area (Å²) < 4.78 is 10.7. The van der Waals surface area contributed by atoms with Crippen molar-refractivity contribution in [3.05, 3.63) is 53.1 Å². The number of carboxylic acids is 1. The largest absolute Gasteiger partial charge is 0.497 e. The first kappa shape index (κ1) is 20.9. The number of ether oxygens (including phenoxy) is 2. The molecule has 0 unspecified atom stereocenters. The second kappa shape index (κ2) is 7.70. The maximum atomic E-state index is 13.6. The van der Waals surface area contributed by atoms with Gasteiger partial charge in [-0.3, -0.25) is 19.7 Å². The van der Waals surface area contributed by atoms with E-state index in [1.165, 1.54) is 19.1 Å². The zero-order valence-electron chi connectivity index (χ0n) is 17.7. The summed E-state index contributed by atoms with van der Waals surface area (Å²) in [5, 5.41) is 12.8. The molecule has 4 rings (SSSR count). The minimum absolute atomic E-state index is 0.411. The molecule has 2 aliphatic rings. The van der Waals surface area contributed by atoms with E-state index < -0.39 is 41.7 Å². The van der Waals surface area contributed by atoms with Crippen LogP contribution < -0.4 is 19.7 Å². The number of nitrogens with zero attached hydrogens (tertiary/aromatic N) is 1. The number of hydrogen-bond acceptors (Lipinski definition) is 6. The van der Waals surface area contributed by atoms with Crippen LogP contribution in [0.15, 0.2) is 36.4 Å². The van der Waals surface area contributed by atoms with E-state index in [4.69, 9.17) is 9.47 Å². The van der Waals surface area contributed by atoms with Crippen LogP contribution in [0, 0.1) is 25.7 Å². The van der Waals surface area contributed by atoms with E-state index in [-0.39, 0.29) is 0 Å². The standard InChI is InChI=1S/C23H24N2O6/c1-11-6-5-7-12(2)20(11)25-21(26)16-17(22(25)27)19(23(28)29)24-18(16)14-9-8-13(30-3)10-15(14)31-4/h5-10,16-19,24H,1-4H3,(H,28,29)/t16-,17-,18+,19+/m1/s1. The van der Waals surface area contributed by atoms with Crippen molar-refractivity contribution in [3.8, 4) is 11.5 Å². The van der Waals surface area contributed by atoms with E-state index in [0.717, 1.165) is 11.1 Å². The molecule has 2 heterocycles. The van der Waals surface area contributed by atoms with Crippen LogP contribution in [0.5, 0.6) is 11.5 Å². The Morgan fingerprint density at radius 2 is 1.65 bits per heavy atom. The zero-order chi connectivity index (χ0) is 22.4. The highest BCUT2D eigenvalue weighted by atomic mass is 16.5. The van der Waals surface area contributed by atoms with Gasteiger partial charge < -0.3 is 14.6 Å². The van der Waals surface area contributed by atoms with Crippen LogP contribution in [-0.2, 0) is 14.4 Å². The summed E-state index contributed by atoms with van der Waals surface area (Å²) in [5.74, 6) is -2.94. The summed E-state index contributed by atoms with van der Waals surface area (Å²) >= 11 is 0. The topological polar surface area (TPSA) is 105 Å². The number of aliphatic carboxylic acids is 1. The summed E-state index contributed by atoms with van der Waals surface area (Å²) in [6, 6.07) is 8.74. The molecule has 0 aromatic heterocycles. The third-order valence-corrected chi connectivity index (χ3v) is 6.18. The van der Waals surface area contributed by atoms with Crippen molar-refractivity contribution in [2.45, 2.75) is 25.9 Å². The van der Waals surface area contributed by atoms with E-state index in [2.05, 4.69) is 5.32 Å². The monoisotopic (exact) mass is 424 g/mol. The van der Waals surface area contributed by atoms with Gasteiger partial charge in [-0.05, 0) is 31.0 Å². The lowest BCUT2D eigenvalue weighted by molar-refractivity contribution is -0.142. The fourth-order valence-corrected chi connectivity index (χ4v) is 4.78. The van der Waals surface area contributed by atoms with Gasteiger partial charge in [0.15, 0.2) is 0 Å². The third-order valence-electron chi connectivity index (χ3n) is 6.18. The molecule has 0 radical (unpaired) electrons. The summed E-state index contributed by atoms with van der Waals surface area (Å²) in [6.45, 7) is 3.65. The van der Waals surface area contributed by atoms with E-state index in [0.29, 0.717) is 22.7 Å². The molecule has 2 aromatic carbocycles. The summed E-state index contributed by atoms with van der Waals surface area (Å²) in [6.07, 6.45) is 0. The number of benzene rings is 2. The molecular formula is C23H24N2O6. The number of fused-ring (bicyclic) bond motifs is 1. The van der Waals surface area contributed by atoms with E-state index >= 15 is 0 Å². The van der Waals surface area contributed by atoms with Gasteiger partial charge in [0.2, 0.25) is 11.8 Å². The Balaban J connectivity index is 1.83. The maximum absolute atomic E-state index is 13.6. The molecule has 31 heavy (non-hydrogen) atoms. The molecule has 0 bridgehead atoms. The number of hydrogen-bond donors (Lipinski definition) is 2. The smallest absolute Gasteiger partial charge is 0.321 e. The first-order chi connectivity index (χ1) is 14.8. The molecule has 0 saturated carbocycles. The van der Waals surface area contributed by atoms with Crippen LogP contribution >= 0.6 is 0 Å². The second-order valence-corrected chi connectivity index (χ2v) is 7.87. The van der Waals surface area contributed by atoms with Crippen LogP contribution in [-0.4, -0.2) is 43.2 Å². The van der Waals surface area contributed by atoms with Gasteiger partial charge >= 0.3 is 5.97 Å². The quantitative estimate of drug-likeness (QED) is 0.709. The molecule has 162 valence electrons. The summed E-state index contributed by atoms with van der Waals surface area (Å²) in [5.41, 5.74) is 2.68. The van der Waals surface area contributed by atoms with Crippen LogP contribution in [0.4, 0.5) is 5.69 Å². The van der Waals surface area contributed by atoms with E-state index in [1.807, 2.05) is 32.0 Å². The Morgan fingerprint density at radius 3 is 2.23 bits per heavy atom. The lowest BCUT2D eigenvalue weighted by Crippen LogP contribution is -2.43. The Bertz CT molecular complexity index is 1060. The fraction of sp³-hybridized carbons (Fsp3) is 0.348. The summed E-state index contributed by atoms with van der Waals surface area (Å²) in [7, 11) is 3.02. The number of anilines is 1. The van der Waals surface area contributed by atoms with Crippen LogP contribution in [0.1, 0.15) is 22.7 Å². The minimum atomic E-state index is -1.19. The number of carboxylic acid groups (broad SMARTS) is 1. The SMILES string of the molecule is COc1ccc([C@@H]2N[C@H](C(=O)O)[C@@H]3C(=O)N(c4c(C)cccc4C)C(=O)[C@H]32)c(OC)c1. The number of nitrogens with one attached hydrogen (secondary N) is 1. The minimum Gasteiger partial charge on any atom is -0.497 e. The van der Waals surface area contributed by atoms with Gasteiger partial charge in [-0.15, -0.1) is 0 Å². The Labute approximate surface area is 179 Å². The summed E-state index contributed by atoms with van der Waals surface area (Å²) in [4.78, 5) is 40.2. The molecular weight excluding hydrogens is 400 g/mol. The van der Waals surface area contributed by atoms with Gasteiger partial charge in [-0.25, -0.2) is 4.90 Å². The van der Waals surface area contributed by atoms with Crippen LogP contribution in [0.2, 0.25) is 0 Å². The molecule has 8 nitrogen and oxygen atoms in total. The molecule has 2 aliphatic heterocycles. The van der Waals surface area contributed by atoms with Crippen molar-refractivity contribution >= 4 is 23.5 Å². The molecule has 2 aromatic rings. The van der Waals surface area contributed by atoms with E-state index in [9.17, 15) is 19.5 Å². The van der Waals surface area contributed by atoms with Crippen LogP contribution in [0.3, 0.4) is 0 Å². The highest BCUT2D eigenvalue weighted by molar-refractivity contribution is 6.24. The molecule has 2 N–H and O–H groups in total. The van der Waals surface area contributed by atoms with Gasteiger partial charge in [-0.1, -0.05) is 24.3 Å². The molecule has 2 amide bonds. The third kappa shape index (κ3) is 3.14. The zero-order valence-corrected chi connectivity index (χ0v) is 17.7.